The van der Waals surface area contributed by atoms with Crippen LogP contribution in [0.5, 0.6) is 0 Å². The Labute approximate surface area is 174 Å². The molecule has 0 atom stereocenters. The molecule has 3 heterocycles. The van der Waals surface area contributed by atoms with E-state index in [4.69, 9.17) is 11.6 Å². The molecule has 0 aliphatic carbocycles. The summed E-state index contributed by atoms with van der Waals surface area (Å²) in [5.74, 6) is 0.745. The molecule has 0 bridgehead atoms. The minimum Gasteiger partial charge on any atom is -0.363 e. The van der Waals surface area contributed by atoms with Crippen LogP contribution in [0.25, 0.3) is 16.6 Å². The maximum absolute atomic E-state index is 12.9. The number of benzene rings is 1. The number of amides is 1. The molecular weight excluding hydrogens is 386 g/mol. The van der Waals surface area contributed by atoms with Gasteiger partial charge in [-0.05, 0) is 48.4 Å². The minimum absolute atomic E-state index is 0.169. The van der Waals surface area contributed by atoms with E-state index in [0.29, 0.717) is 29.3 Å². The van der Waals surface area contributed by atoms with Crippen molar-refractivity contribution in [2.24, 2.45) is 0 Å². The Morgan fingerprint density at radius 2 is 1.97 bits per heavy atom. The van der Waals surface area contributed by atoms with Crippen LogP contribution in [-0.4, -0.2) is 34.4 Å². The van der Waals surface area contributed by atoms with Crippen LogP contribution in [0.3, 0.4) is 0 Å². The highest BCUT2D eigenvalue weighted by Gasteiger charge is 2.18. The lowest BCUT2D eigenvalue weighted by Gasteiger charge is -2.12. The Hall–Kier alpha value is -3.12. The van der Waals surface area contributed by atoms with E-state index >= 15 is 0 Å². The first kappa shape index (κ1) is 19.2. The third-order valence-corrected chi connectivity index (χ3v) is 5.08. The zero-order valence-electron chi connectivity index (χ0n) is 16.6. The largest absolute Gasteiger partial charge is 0.363 e. The van der Waals surface area contributed by atoms with Crippen LogP contribution in [0.2, 0.25) is 5.02 Å². The van der Waals surface area contributed by atoms with Crippen LogP contribution < -0.4 is 10.2 Å². The summed E-state index contributed by atoms with van der Waals surface area (Å²) in [7, 11) is 3.94. The van der Waals surface area contributed by atoms with Crippen LogP contribution in [0, 0.1) is 0 Å². The number of aromatic nitrogens is 3. The summed E-state index contributed by atoms with van der Waals surface area (Å²) in [4.78, 5) is 24.1. The molecule has 1 aromatic carbocycles. The Kier molecular flexibility index (Phi) is 5.11. The van der Waals surface area contributed by atoms with Crippen molar-refractivity contribution in [1.82, 2.24) is 19.7 Å². The standard InChI is InChI=1S/C22H22ClN5O/c1-4-17-21(28-13-16(23)7-10-20(28)25-17)22(29)24-12-14-5-8-18-15(11-14)6-9-19(26-18)27(2)3/h5-11,13H,4,12H2,1-3H3,(H,24,29). The fourth-order valence-corrected chi connectivity index (χ4v) is 3.50. The maximum Gasteiger partial charge on any atom is 0.270 e. The fraction of sp³-hybridized carbons (Fsp3) is 0.227. The maximum atomic E-state index is 12.9. The molecular formula is C22H22ClN5O. The molecule has 0 saturated heterocycles. The number of fused-ring (bicyclic) bond motifs is 2. The first-order chi connectivity index (χ1) is 14.0. The van der Waals surface area contributed by atoms with E-state index in [2.05, 4.69) is 15.3 Å². The van der Waals surface area contributed by atoms with Gasteiger partial charge in [0.2, 0.25) is 0 Å². The van der Waals surface area contributed by atoms with Gasteiger partial charge in [-0.15, -0.1) is 0 Å². The molecule has 29 heavy (non-hydrogen) atoms. The second-order valence-electron chi connectivity index (χ2n) is 7.11. The van der Waals surface area contributed by atoms with Crippen molar-refractivity contribution in [1.29, 1.82) is 0 Å². The van der Waals surface area contributed by atoms with E-state index < -0.39 is 0 Å². The van der Waals surface area contributed by atoms with Crippen molar-refractivity contribution in [2.75, 3.05) is 19.0 Å². The van der Waals surface area contributed by atoms with Gasteiger partial charge in [-0.3, -0.25) is 9.20 Å². The number of hydrogen-bond donors (Lipinski definition) is 1. The van der Waals surface area contributed by atoms with Gasteiger partial charge >= 0.3 is 0 Å². The van der Waals surface area contributed by atoms with E-state index in [0.717, 1.165) is 28.0 Å². The van der Waals surface area contributed by atoms with Crippen molar-refractivity contribution >= 4 is 39.9 Å². The zero-order valence-corrected chi connectivity index (χ0v) is 17.4. The third-order valence-electron chi connectivity index (χ3n) is 4.85. The SMILES string of the molecule is CCc1nc2ccc(Cl)cn2c1C(=O)NCc1ccc2nc(N(C)C)ccc2c1. The summed E-state index contributed by atoms with van der Waals surface area (Å²) in [5.41, 5.74) is 3.93. The highest BCUT2D eigenvalue weighted by molar-refractivity contribution is 6.30. The molecule has 0 fully saturated rings. The minimum atomic E-state index is -0.169. The number of anilines is 1. The number of pyridine rings is 2. The number of rotatable bonds is 5. The van der Waals surface area contributed by atoms with Gasteiger partial charge in [-0.25, -0.2) is 9.97 Å². The van der Waals surface area contributed by atoms with Crippen LogP contribution in [-0.2, 0) is 13.0 Å². The first-order valence-electron chi connectivity index (χ1n) is 9.48. The van der Waals surface area contributed by atoms with Crippen molar-refractivity contribution < 1.29 is 4.79 Å². The molecule has 6 nitrogen and oxygen atoms in total. The van der Waals surface area contributed by atoms with E-state index in [1.54, 1.807) is 16.7 Å². The predicted molar refractivity (Wildman–Crippen MR) is 117 cm³/mol. The van der Waals surface area contributed by atoms with E-state index in [9.17, 15) is 4.79 Å². The van der Waals surface area contributed by atoms with Crippen molar-refractivity contribution in [2.45, 2.75) is 19.9 Å². The molecule has 0 saturated carbocycles. The Morgan fingerprint density at radius 1 is 1.14 bits per heavy atom. The third kappa shape index (κ3) is 3.76. The monoisotopic (exact) mass is 407 g/mol. The highest BCUT2D eigenvalue weighted by atomic mass is 35.5. The number of carbonyl (C=O) groups excluding carboxylic acids is 1. The molecule has 1 amide bonds. The zero-order chi connectivity index (χ0) is 20.5. The quantitative estimate of drug-likeness (QED) is 0.541. The van der Waals surface area contributed by atoms with Crippen molar-refractivity contribution in [3.05, 3.63) is 70.6 Å². The average Bonchev–Trinajstić information content (AvgIpc) is 3.09. The van der Waals surface area contributed by atoms with Gasteiger partial charge in [0.15, 0.2) is 0 Å². The number of halogens is 1. The lowest BCUT2D eigenvalue weighted by atomic mass is 10.1. The summed E-state index contributed by atoms with van der Waals surface area (Å²) in [5, 5.41) is 4.61. The van der Waals surface area contributed by atoms with Crippen LogP contribution >= 0.6 is 11.6 Å². The van der Waals surface area contributed by atoms with Crippen LogP contribution in [0.4, 0.5) is 5.82 Å². The number of carbonyl (C=O) groups is 1. The number of nitrogens with one attached hydrogen (secondary N) is 1. The number of aryl methyl sites for hydroxylation is 1. The smallest absolute Gasteiger partial charge is 0.270 e. The van der Waals surface area contributed by atoms with Gasteiger partial charge < -0.3 is 10.2 Å². The fourth-order valence-electron chi connectivity index (χ4n) is 3.34. The molecule has 1 N–H and O–H groups in total. The van der Waals surface area contributed by atoms with Crippen molar-refractivity contribution in [3.63, 3.8) is 0 Å². The number of hydrogen-bond acceptors (Lipinski definition) is 4. The van der Waals surface area contributed by atoms with Crippen molar-refractivity contribution in [3.8, 4) is 0 Å². The van der Waals surface area contributed by atoms with Gasteiger partial charge in [0.05, 0.1) is 16.2 Å². The van der Waals surface area contributed by atoms with Crippen LogP contribution in [0.1, 0.15) is 28.7 Å². The first-order valence-corrected chi connectivity index (χ1v) is 9.85. The van der Waals surface area contributed by atoms with E-state index in [-0.39, 0.29) is 5.91 Å². The summed E-state index contributed by atoms with van der Waals surface area (Å²) in [6, 6.07) is 13.6. The second kappa shape index (κ2) is 7.72. The van der Waals surface area contributed by atoms with Gasteiger partial charge in [0.25, 0.3) is 5.91 Å². The molecule has 0 unspecified atom stereocenters. The molecule has 4 rings (SSSR count). The Morgan fingerprint density at radius 3 is 2.72 bits per heavy atom. The van der Waals surface area contributed by atoms with Gasteiger partial charge in [0, 0.05) is 32.2 Å². The van der Waals surface area contributed by atoms with E-state index in [1.165, 1.54) is 0 Å². The van der Waals surface area contributed by atoms with Gasteiger partial charge in [0.1, 0.15) is 17.2 Å². The summed E-state index contributed by atoms with van der Waals surface area (Å²) >= 11 is 6.12. The molecule has 0 aliphatic heterocycles. The molecule has 0 radical (unpaired) electrons. The van der Waals surface area contributed by atoms with Gasteiger partial charge in [-0.2, -0.15) is 0 Å². The molecule has 148 valence electrons. The molecule has 7 heteroatoms. The lowest BCUT2D eigenvalue weighted by molar-refractivity contribution is 0.0944. The molecule has 0 spiro atoms. The summed E-state index contributed by atoms with van der Waals surface area (Å²) in [6.07, 6.45) is 2.39. The Bertz CT molecular complexity index is 1210. The van der Waals surface area contributed by atoms with Gasteiger partial charge in [-0.1, -0.05) is 24.6 Å². The lowest BCUT2D eigenvalue weighted by Crippen LogP contribution is -2.25. The normalized spacial score (nSPS) is 11.2. The number of nitrogens with zero attached hydrogens (tertiary/aromatic N) is 4. The van der Waals surface area contributed by atoms with Crippen LogP contribution in [0.15, 0.2) is 48.7 Å². The average molecular weight is 408 g/mol. The summed E-state index contributed by atoms with van der Waals surface area (Å²) < 4.78 is 1.75. The predicted octanol–water partition coefficient (Wildman–Crippen LogP) is 4.09. The summed E-state index contributed by atoms with van der Waals surface area (Å²) in [6.45, 7) is 2.40. The molecule has 3 aromatic heterocycles. The Balaban J connectivity index is 1.57. The number of imidazole rings is 1. The molecule has 4 aromatic rings. The van der Waals surface area contributed by atoms with E-state index in [1.807, 2.05) is 62.3 Å². The molecule has 0 aliphatic rings. The topological polar surface area (TPSA) is 62.5 Å². The second-order valence-corrected chi connectivity index (χ2v) is 7.55. The highest BCUT2D eigenvalue weighted by Crippen LogP contribution is 2.20.